The van der Waals surface area contributed by atoms with Crippen molar-refractivity contribution in [2.24, 2.45) is 0 Å². The van der Waals surface area contributed by atoms with E-state index in [9.17, 15) is 35.5 Å². The third kappa shape index (κ3) is 15.8. The molecule has 0 saturated heterocycles. The molecule has 0 spiro atoms. The monoisotopic (exact) mass is 577 g/mol. The number of benzene rings is 2. The van der Waals surface area contributed by atoms with Crippen molar-refractivity contribution in [1.29, 1.82) is 0 Å². The Morgan fingerprint density at radius 1 is 0.576 bits per heavy atom. The van der Waals surface area contributed by atoms with Gasteiger partial charge in [0.15, 0.2) is 0 Å². The number of aromatic carboxylic acids is 2. The van der Waals surface area contributed by atoms with Crippen LogP contribution >= 0.6 is 0 Å². The fourth-order valence-corrected chi connectivity index (χ4v) is 2.47. The molecule has 16 nitrogen and oxygen atoms in total. The van der Waals surface area contributed by atoms with Gasteiger partial charge in [0.05, 0.1) is 20.9 Å². The maximum absolute atomic E-state index is 10.4. The van der Waals surface area contributed by atoms with Crippen molar-refractivity contribution >= 4 is 32.2 Å². The Kier molecular flexibility index (Phi) is 27.7. The zero-order valence-corrected chi connectivity index (χ0v) is 18.8. The summed E-state index contributed by atoms with van der Waals surface area (Å²) in [6.45, 7) is 0. The summed E-state index contributed by atoms with van der Waals surface area (Å²) in [7, 11) is -8.98. The van der Waals surface area contributed by atoms with Crippen molar-refractivity contribution in [2.45, 2.75) is 9.79 Å². The Bertz CT molecular complexity index is 932. The maximum Gasteiger partial charge on any atom is 2.00 e. The molecule has 0 fully saturated rings. The molecular formula is C14H26CuO16S2+4. The molecule has 0 aliphatic carbocycles. The molecular weight excluding hydrogens is 552 g/mol. The van der Waals surface area contributed by atoms with Crippen LogP contribution in [0.15, 0.2) is 58.3 Å². The van der Waals surface area contributed by atoms with Gasteiger partial charge in [-0.05, 0) is 48.5 Å². The van der Waals surface area contributed by atoms with E-state index in [1.807, 2.05) is 0 Å². The Morgan fingerprint density at radius 3 is 0.879 bits per heavy atom. The van der Waals surface area contributed by atoms with Crippen molar-refractivity contribution in [3.8, 4) is 0 Å². The molecule has 0 saturated carbocycles. The van der Waals surface area contributed by atoms with Gasteiger partial charge in [-0.25, -0.2) is 26.4 Å². The van der Waals surface area contributed by atoms with Gasteiger partial charge in [-0.3, -0.25) is 0 Å². The minimum atomic E-state index is -4.49. The molecule has 0 heterocycles. The van der Waals surface area contributed by atoms with Crippen LogP contribution in [0.2, 0.25) is 0 Å². The molecule has 0 aliphatic heterocycles. The Morgan fingerprint density at radius 2 is 0.758 bits per heavy atom. The summed E-state index contributed by atoms with van der Waals surface area (Å²) in [6, 6.07) is 8.11. The van der Waals surface area contributed by atoms with Crippen molar-refractivity contribution in [3.63, 3.8) is 0 Å². The number of carbonyl (C=O) groups is 2. The van der Waals surface area contributed by atoms with Crippen LogP contribution in [-0.2, 0) is 59.2 Å². The van der Waals surface area contributed by atoms with Crippen molar-refractivity contribution < 1.29 is 95.7 Å². The van der Waals surface area contributed by atoms with Crippen LogP contribution in [-0.4, -0.2) is 59.0 Å². The molecule has 0 atom stereocenters. The molecule has 0 amide bonds. The second-order valence-electron chi connectivity index (χ2n) is 4.57. The van der Waals surface area contributed by atoms with E-state index >= 15 is 0 Å². The summed E-state index contributed by atoms with van der Waals surface area (Å²) in [4.78, 5) is 19.8. The van der Waals surface area contributed by atoms with E-state index in [2.05, 4.69) is 0 Å². The summed E-state index contributed by atoms with van der Waals surface area (Å²) in [6.07, 6.45) is 0. The van der Waals surface area contributed by atoms with Crippen LogP contribution in [0.1, 0.15) is 20.7 Å². The first-order valence-corrected chi connectivity index (χ1v) is 9.22. The molecule has 2 aromatic rings. The number of carboxylic acids is 2. The van der Waals surface area contributed by atoms with E-state index in [0.29, 0.717) is 0 Å². The van der Waals surface area contributed by atoms with Gasteiger partial charge in [0.2, 0.25) is 0 Å². The SMILES string of the molecule is O.O.O=C(O)c1ccc(S(=O)(=O)[O-])cc1.O=C(O)c1ccc(S(=O)(=O)[O-])cc1.[Cu+2].[OH3+].[OH3+].[OH3+].[OH3+]. The van der Waals surface area contributed by atoms with E-state index in [0.717, 1.165) is 48.5 Å². The summed E-state index contributed by atoms with van der Waals surface area (Å²) in [5, 5.41) is 16.9. The van der Waals surface area contributed by atoms with Crippen LogP contribution < -0.4 is 0 Å². The third-order valence-corrected chi connectivity index (χ3v) is 4.48. The summed E-state index contributed by atoms with van der Waals surface area (Å²) in [5.74, 6) is -2.34. The molecule has 197 valence electrons. The van der Waals surface area contributed by atoms with Gasteiger partial charge < -0.3 is 52.2 Å². The largest absolute Gasteiger partial charge is 2.00 e. The summed E-state index contributed by atoms with van der Waals surface area (Å²) >= 11 is 0. The maximum atomic E-state index is 10.4. The van der Waals surface area contributed by atoms with Crippen molar-refractivity contribution in [2.75, 3.05) is 0 Å². The van der Waals surface area contributed by atoms with Gasteiger partial charge in [0, 0.05) is 0 Å². The van der Waals surface area contributed by atoms with Gasteiger partial charge in [-0.2, -0.15) is 0 Å². The van der Waals surface area contributed by atoms with E-state index in [4.69, 9.17) is 10.2 Å². The molecule has 0 unspecified atom stereocenters. The molecule has 2 rings (SSSR count). The Labute approximate surface area is 197 Å². The van der Waals surface area contributed by atoms with Gasteiger partial charge in [-0.1, -0.05) is 0 Å². The van der Waals surface area contributed by atoms with E-state index in [1.54, 1.807) is 0 Å². The average Bonchev–Trinajstić information content (AvgIpc) is 2.54. The number of hydrogen-bond donors (Lipinski definition) is 2. The van der Waals surface area contributed by atoms with Crippen molar-refractivity contribution in [3.05, 3.63) is 59.7 Å². The van der Waals surface area contributed by atoms with E-state index < -0.39 is 42.0 Å². The quantitative estimate of drug-likeness (QED) is 0.198. The molecule has 0 aliphatic rings. The second kappa shape index (κ2) is 19.0. The molecule has 33 heavy (non-hydrogen) atoms. The summed E-state index contributed by atoms with van der Waals surface area (Å²) in [5.41, 5.74) is -0.125. The molecule has 19 heteroatoms. The second-order valence-corrected chi connectivity index (χ2v) is 7.33. The van der Waals surface area contributed by atoms with Gasteiger partial charge in [0.25, 0.3) is 0 Å². The predicted molar refractivity (Wildman–Crippen MR) is 109 cm³/mol. The van der Waals surface area contributed by atoms with E-state index in [1.165, 1.54) is 0 Å². The first-order chi connectivity index (χ1) is 11.8. The topological polar surface area (TPSA) is 384 Å². The summed E-state index contributed by atoms with van der Waals surface area (Å²) < 4.78 is 62.5. The van der Waals surface area contributed by atoms with Gasteiger partial charge >= 0.3 is 29.0 Å². The Balaban J connectivity index is -0.0000000676. The molecule has 0 bridgehead atoms. The van der Waals surface area contributed by atoms with E-state index in [-0.39, 0.29) is 61.1 Å². The zero-order valence-electron chi connectivity index (χ0n) is 16.2. The fraction of sp³-hybridized carbons (Fsp3) is 0. The number of hydrogen-bond acceptors (Lipinski definition) is 8. The van der Waals surface area contributed by atoms with Crippen LogP contribution in [0.4, 0.5) is 0 Å². The molecule has 0 aromatic heterocycles. The Hall–Kier alpha value is -2.52. The first-order valence-electron chi connectivity index (χ1n) is 6.41. The van der Waals surface area contributed by atoms with Crippen LogP contribution in [0.25, 0.3) is 0 Å². The van der Waals surface area contributed by atoms with Crippen molar-refractivity contribution in [1.82, 2.24) is 0 Å². The fourth-order valence-electron chi connectivity index (χ4n) is 1.53. The average molecular weight is 578 g/mol. The van der Waals surface area contributed by atoms with Gasteiger partial charge in [-0.15, -0.1) is 0 Å². The normalized spacial score (nSPS) is 8.79. The number of rotatable bonds is 4. The predicted octanol–water partition coefficient (Wildman–Crippen LogP) is -4.76. The molecule has 1 radical (unpaired) electrons. The molecule has 2 aromatic carbocycles. The molecule has 18 N–H and O–H groups in total. The van der Waals surface area contributed by atoms with Crippen LogP contribution in [0, 0.1) is 0 Å². The van der Waals surface area contributed by atoms with Crippen LogP contribution in [0.3, 0.4) is 0 Å². The minimum Gasteiger partial charge on any atom is -0.744 e. The number of carboxylic acid groups (broad SMARTS) is 2. The first kappa shape index (κ1) is 48.0. The third-order valence-electron chi connectivity index (χ3n) is 2.78. The minimum absolute atomic E-state index is 0. The smallest absolute Gasteiger partial charge is 0.744 e. The van der Waals surface area contributed by atoms with Gasteiger partial charge in [0.1, 0.15) is 20.2 Å². The van der Waals surface area contributed by atoms with Crippen LogP contribution in [0.5, 0.6) is 0 Å². The zero-order chi connectivity index (χ0) is 20.1. The standard InChI is InChI=1S/2C7H6O5S.Cu.6H2O/c2*8-7(9)5-1-3-6(4-2-5)13(10,11)12;;;;;;;/h2*1-4H,(H,8,9)(H,10,11,12);;6*1H2/q;;+2;;;;;;/p+2.